The molecule has 0 fully saturated rings. The molecule has 7 heteroatoms. The quantitative estimate of drug-likeness (QED) is 0.802. The van der Waals surface area contributed by atoms with Gasteiger partial charge in [-0.05, 0) is 30.2 Å². The molecule has 1 atom stereocenters. The van der Waals surface area contributed by atoms with Crippen LogP contribution in [0.1, 0.15) is 31.4 Å². The maximum absolute atomic E-state index is 12.3. The molecule has 0 spiro atoms. The third-order valence-electron chi connectivity index (χ3n) is 2.87. The topological polar surface area (TPSA) is 83.6 Å². The highest BCUT2D eigenvalue weighted by Crippen LogP contribution is 2.24. The minimum Gasteiger partial charge on any atom is -0.378 e. The fourth-order valence-electron chi connectivity index (χ4n) is 1.85. The highest BCUT2D eigenvalue weighted by atomic mass is 35.5. The molecule has 1 aromatic rings. The molecule has 5 nitrogen and oxygen atoms in total. The van der Waals surface area contributed by atoms with Crippen LogP contribution in [0.4, 0.5) is 0 Å². The summed E-state index contributed by atoms with van der Waals surface area (Å²) in [6, 6.07) is 4.42. The Balaban J connectivity index is 2.92. The van der Waals surface area contributed by atoms with Crippen LogP contribution in [0.3, 0.4) is 0 Å². The third-order valence-corrected chi connectivity index (χ3v) is 3.31. The summed E-state index contributed by atoms with van der Waals surface area (Å²) in [4.78, 5) is 24.6. The van der Waals surface area contributed by atoms with Gasteiger partial charge in [0.05, 0.1) is 6.54 Å². The molecule has 0 radical (unpaired) electrons. The molecule has 0 bridgehead atoms. The molecule has 1 rings (SSSR count). The first-order valence-electron chi connectivity index (χ1n) is 6.56. The van der Waals surface area contributed by atoms with Crippen molar-refractivity contribution in [3.05, 3.63) is 33.8 Å². The number of carbonyl (C=O) groups is 2. The van der Waals surface area contributed by atoms with Crippen molar-refractivity contribution in [2.75, 3.05) is 13.1 Å². The molecule has 0 saturated carbocycles. The molecule has 3 N–H and O–H groups in total. The Labute approximate surface area is 133 Å². The van der Waals surface area contributed by atoms with E-state index in [0.29, 0.717) is 23.0 Å². The van der Waals surface area contributed by atoms with E-state index in [1.165, 1.54) is 23.1 Å². The van der Waals surface area contributed by atoms with Crippen LogP contribution in [-0.4, -0.2) is 34.9 Å². The predicted molar refractivity (Wildman–Crippen MR) is 82.1 cm³/mol. The molecule has 1 unspecified atom stereocenters. The standard InChI is InChI=1S/C14H18Cl2N2O3/c1-2-3-4-18(8-12(17)19)14(21)13(20)9-5-10(15)7-11(16)6-9/h5-7,13,20H,2-4,8H2,1H3,(H2,17,19). The molecule has 0 aliphatic rings. The zero-order valence-electron chi connectivity index (χ0n) is 11.7. The number of aliphatic hydroxyl groups excluding tert-OH is 1. The van der Waals surface area contributed by atoms with Crippen molar-refractivity contribution in [2.24, 2.45) is 5.73 Å². The number of nitrogens with two attached hydrogens (primary N) is 1. The van der Waals surface area contributed by atoms with Crippen molar-refractivity contribution in [3.8, 4) is 0 Å². The molecule has 0 heterocycles. The predicted octanol–water partition coefficient (Wildman–Crippen LogP) is 2.14. The lowest BCUT2D eigenvalue weighted by atomic mass is 10.1. The summed E-state index contributed by atoms with van der Waals surface area (Å²) in [6.45, 7) is 2.08. The van der Waals surface area contributed by atoms with E-state index in [1.54, 1.807) is 0 Å². The van der Waals surface area contributed by atoms with Gasteiger partial charge in [0.15, 0.2) is 6.10 Å². The number of hydrogen-bond donors (Lipinski definition) is 2. The minimum atomic E-state index is -1.43. The van der Waals surface area contributed by atoms with Gasteiger partial charge in [-0.3, -0.25) is 9.59 Å². The summed E-state index contributed by atoms with van der Waals surface area (Å²) in [5, 5.41) is 10.8. The van der Waals surface area contributed by atoms with Gasteiger partial charge in [0, 0.05) is 16.6 Å². The van der Waals surface area contributed by atoms with E-state index in [4.69, 9.17) is 28.9 Å². The van der Waals surface area contributed by atoms with Crippen LogP contribution in [0.15, 0.2) is 18.2 Å². The van der Waals surface area contributed by atoms with Crippen LogP contribution in [-0.2, 0) is 9.59 Å². The average molecular weight is 333 g/mol. The SMILES string of the molecule is CCCCN(CC(N)=O)C(=O)C(O)c1cc(Cl)cc(Cl)c1. The first-order valence-corrected chi connectivity index (χ1v) is 7.32. The van der Waals surface area contributed by atoms with Gasteiger partial charge in [0.25, 0.3) is 5.91 Å². The summed E-state index contributed by atoms with van der Waals surface area (Å²) in [5.41, 5.74) is 5.41. The van der Waals surface area contributed by atoms with Crippen molar-refractivity contribution in [2.45, 2.75) is 25.9 Å². The molecule has 0 aliphatic carbocycles. The van der Waals surface area contributed by atoms with Crippen LogP contribution < -0.4 is 5.73 Å². The van der Waals surface area contributed by atoms with E-state index < -0.39 is 17.9 Å². The van der Waals surface area contributed by atoms with Crippen molar-refractivity contribution in [1.29, 1.82) is 0 Å². The largest absolute Gasteiger partial charge is 0.378 e. The number of benzene rings is 1. The molecule has 2 amide bonds. The fourth-order valence-corrected chi connectivity index (χ4v) is 2.40. The summed E-state index contributed by atoms with van der Waals surface area (Å²) in [5.74, 6) is -1.23. The highest BCUT2D eigenvalue weighted by Gasteiger charge is 2.25. The van der Waals surface area contributed by atoms with Gasteiger partial charge < -0.3 is 15.7 Å². The second-order valence-electron chi connectivity index (χ2n) is 4.68. The normalized spacial score (nSPS) is 12.0. The Morgan fingerprint density at radius 2 is 1.86 bits per heavy atom. The zero-order chi connectivity index (χ0) is 16.0. The van der Waals surface area contributed by atoms with Gasteiger partial charge in [0.1, 0.15) is 0 Å². The van der Waals surface area contributed by atoms with Crippen molar-refractivity contribution < 1.29 is 14.7 Å². The first kappa shape index (κ1) is 17.8. The summed E-state index contributed by atoms with van der Waals surface area (Å²) < 4.78 is 0. The summed E-state index contributed by atoms with van der Waals surface area (Å²) in [7, 11) is 0. The van der Waals surface area contributed by atoms with Crippen LogP contribution in [0.2, 0.25) is 10.0 Å². The number of rotatable bonds is 7. The second kappa shape index (κ2) is 8.22. The van der Waals surface area contributed by atoms with Gasteiger partial charge in [-0.25, -0.2) is 0 Å². The lowest BCUT2D eigenvalue weighted by Gasteiger charge is -2.24. The monoisotopic (exact) mass is 332 g/mol. The fraction of sp³-hybridized carbons (Fsp3) is 0.429. The number of hydrogen-bond acceptors (Lipinski definition) is 3. The van der Waals surface area contributed by atoms with Crippen LogP contribution in [0.25, 0.3) is 0 Å². The summed E-state index contributed by atoms with van der Waals surface area (Å²) in [6.07, 6.45) is 0.126. The number of nitrogens with zero attached hydrogens (tertiary/aromatic N) is 1. The molecule has 0 aliphatic heterocycles. The zero-order valence-corrected chi connectivity index (χ0v) is 13.2. The maximum atomic E-state index is 12.3. The Morgan fingerprint density at radius 1 is 1.29 bits per heavy atom. The molecule has 21 heavy (non-hydrogen) atoms. The molecular weight excluding hydrogens is 315 g/mol. The molecule has 1 aromatic carbocycles. The van der Waals surface area contributed by atoms with E-state index in [-0.39, 0.29) is 12.1 Å². The van der Waals surface area contributed by atoms with Gasteiger partial charge in [-0.1, -0.05) is 36.5 Å². The summed E-state index contributed by atoms with van der Waals surface area (Å²) >= 11 is 11.7. The molecular formula is C14H18Cl2N2O3. The molecule has 0 saturated heterocycles. The van der Waals surface area contributed by atoms with E-state index in [9.17, 15) is 14.7 Å². The minimum absolute atomic E-state index is 0.232. The Hall–Kier alpha value is -1.30. The van der Waals surface area contributed by atoms with E-state index in [1.807, 2.05) is 6.92 Å². The van der Waals surface area contributed by atoms with Crippen molar-refractivity contribution >= 4 is 35.0 Å². The number of halogens is 2. The van der Waals surface area contributed by atoms with Crippen molar-refractivity contribution in [1.82, 2.24) is 4.90 Å². The number of aliphatic hydroxyl groups is 1. The van der Waals surface area contributed by atoms with E-state index in [0.717, 1.165) is 6.42 Å². The number of amides is 2. The smallest absolute Gasteiger partial charge is 0.256 e. The van der Waals surface area contributed by atoms with Gasteiger partial charge in [0.2, 0.25) is 5.91 Å². The molecule has 116 valence electrons. The van der Waals surface area contributed by atoms with E-state index in [2.05, 4.69) is 0 Å². The van der Waals surface area contributed by atoms with Crippen LogP contribution in [0.5, 0.6) is 0 Å². The third kappa shape index (κ3) is 5.53. The number of carbonyl (C=O) groups excluding carboxylic acids is 2. The van der Waals surface area contributed by atoms with Crippen molar-refractivity contribution in [3.63, 3.8) is 0 Å². The van der Waals surface area contributed by atoms with Gasteiger partial charge in [-0.15, -0.1) is 0 Å². The Morgan fingerprint density at radius 3 is 2.33 bits per heavy atom. The lowest BCUT2D eigenvalue weighted by molar-refractivity contribution is -0.143. The van der Waals surface area contributed by atoms with Gasteiger partial charge >= 0.3 is 0 Å². The Kier molecular flexibility index (Phi) is 6.95. The highest BCUT2D eigenvalue weighted by molar-refractivity contribution is 6.34. The van der Waals surface area contributed by atoms with Gasteiger partial charge in [-0.2, -0.15) is 0 Å². The second-order valence-corrected chi connectivity index (χ2v) is 5.56. The van der Waals surface area contributed by atoms with E-state index >= 15 is 0 Å². The molecule has 0 aromatic heterocycles. The number of primary amides is 1. The lowest BCUT2D eigenvalue weighted by Crippen LogP contribution is -2.41. The van der Waals surface area contributed by atoms with Crippen LogP contribution >= 0.6 is 23.2 Å². The average Bonchev–Trinajstić information content (AvgIpc) is 2.40. The first-order chi connectivity index (χ1) is 9.85. The van der Waals surface area contributed by atoms with Crippen LogP contribution in [0, 0.1) is 0 Å². The number of unbranched alkanes of at least 4 members (excludes halogenated alkanes) is 1. The maximum Gasteiger partial charge on any atom is 0.256 e. The Bertz CT molecular complexity index is 503.